The molecule has 0 bridgehead atoms. The molecule has 0 unspecified atom stereocenters. The van der Waals surface area contributed by atoms with Gasteiger partial charge in [0.05, 0.1) is 17.9 Å². The number of unbranched alkanes of at least 4 members (excludes halogenated alkanes) is 2. The lowest BCUT2D eigenvalue weighted by Crippen LogP contribution is -2.27. The van der Waals surface area contributed by atoms with E-state index in [1.807, 2.05) is 5.38 Å². The van der Waals surface area contributed by atoms with E-state index >= 15 is 0 Å². The average molecular weight is 372 g/mol. The molecule has 25 heavy (non-hydrogen) atoms. The summed E-state index contributed by atoms with van der Waals surface area (Å²) >= 11 is 1.42. The molecule has 0 spiro atoms. The summed E-state index contributed by atoms with van der Waals surface area (Å²) in [5.74, 6) is 0. The lowest BCUT2D eigenvalue weighted by atomic mass is 10.1. The summed E-state index contributed by atoms with van der Waals surface area (Å²) in [6.07, 6.45) is -0.959. The molecule has 1 aromatic carbocycles. The van der Waals surface area contributed by atoms with Crippen molar-refractivity contribution in [2.45, 2.75) is 38.9 Å². The van der Waals surface area contributed by atoms with Crippen molar-refractivity contribution in [2.75, 3.05) is 19.7 Å². The smallest absolute Gasteiger partial charge is 0.395 e. The Kier molecular flexibility index (Phi) is 7.40. The zero-order valence-corrected chi connectivity index (χ0v) is 15.0. The molecule has 0 radical (unpaired) electrons. The standard InChI is InChI=1S/C18H23F3N2OS/c1-2-3-4-9-23(10-11-24)12-16-13-25-17(22-16)14-5-7-15(8-6-14)18(19,20)21/h5-8,13,24H,2-4,9-12H2,1H3. The number of thiazole rings is 1. The minimum absolute atomic E-state index is 0.0992. The third-order valence-corrected chi connectivity index (χ3v) is 4.83. The van der Waals surface area contributed by atoms with E-state index in [0.717, 1.165) is 43.6 Å². The lowest BCUT2D eigenvalue weighted by molar-refractivity contribution is -0.137. The Morgan fingerprint density at radius 2 is 1.84 bits per heavy atom. The number of hydrogen-bond donors (Lipinski definition) is 1. The number of hydrogen-bond acceptors (Lipinski definition) is 4. The van der Waals surface area contributed by atoms with Crippen molar-refractivity contribution in [2.24, 2.45) is 0 Å². The highest BCUT2D eigenvalue weighted by Crippen LogP contribution is 2.31. The van der Waals surface area contributed by atoms with Crippen LogP contribution in [0.4, 0.5) is 13.2 Å². The Labute approximate surface area is 150 Å². The second-order valence-corrected chi connectivity index (χ2v) is 6.78. The molecule has 2 rings (SSSR count). The SMILES string of the molecule is CCCCCN(CCO)Cc1csc(-c2ccc(C(F)(F)F)cc2)n1. The molecule has 0 atom stereocenters. The third-order valence-electron chi connectivity index (χ3n) is 3.89. The van der Waals surface area contributed by atoms with Crippen LogP contribution in [0.3, 0.4) is 0 Å². The first-order valence-electron chi connectivity index (χ1n) is 8.39. The van der Waals surface area contributed by atoms with Crippen LogP contribution in [0.25, 0.3) is 10.6 Å². The topological polar surface area (TPSA) is 36.4 Å². The molecule has 7 heteroatoms. The van der Waals surface area contributed by atoms with Gasteiger partial charge in [-0.1, -0.05) is 31.9 Å². The number of aliphatic hydroxyl groups is 1. The van der Waals surface area contributed by atoms with Crippen LogP contribution in [0.15, 0.2) is 29.6 Å². The van der Waals surface area contributed by atoms with Crippen LogP contribution in [-0.4, -0.2) is 34.7 Å². The molecule has 0 saturated heterocycles. The monoisotopic (exact) mass is 372 g/mol. The van der Waals surface area contributed by atoms with E-state index < -0.39 is 11.7 Å². The van der Waals surface area contributed by atoms with Gasteiger partial charge in [-0.05, 0) is 25.1 Å². The van der Waals surface area contributed by atoms with E-state index in [0.29, 0.717) is 23.7 Å². The second kappa shape index (κ2) is 9.31. The molecule has 0 aliphatic rings. The van der Waals surface area contributed by atoms with E-state index in [2.05, 4.69) is 16.8 Å². The summed E-state index contributed by atoms with van der Waals surface area (Å²) in [7, 11) is 0. The summed E-state index contributed by atoms with van der Waals surface area (Å²) in [5.41, 5.74) is 0.909. The normalized spacial score (nSPS) is 12.1. The Morgan fingerprint density at radius 1 is 1.12 bits per heavy atom. The van der Waals surface area contributed by atoms with Gasteiger partial charge in [0.15, 0.2) is 0 Å². The number of benzene rings is 1. The zero-order chi connectivity index (χ0) is 18.3. The van der Waals surface area contributed by atoms with Crippen molar-refractivity contribution in [1.82, 2.24) is 9.88 Å². The molecule has 0 aliphatic heterocycles. The molecule has 0 saturated carbocycles. The van der Waals surface area contributed by atoms with Gasteiger partial charge in [-0.15, -0.1) is 11.3 Å². The molecule has 1 N–H and O–H groups in total. The number of nitrogens with zero attached hydrogens (tertiary/aromatic N) is 2. The van der Waals surface area contributed by atoms with Crippen LogP contribution < -0.4 is 0 Å². The van der Waals surface area contributed by atoms with Crippen LogP contribution in [0.2, 0.25) is 0 Å². The molecule has 3 nitrogen and oxygen atoms in total. The van der Waals surface area contributed by atoms with Crippen LogP contribution in [0.1, 0.15) is 37.4 Å². The number of halogens is 3. The van der Waals surface area contributed by atoms with Gasteiger partial charge in [0.1, 0.15) is 5.01 Å². The molecular weight excluding hydrogens is 349 g/mol. The van der Waals surface area contributed by atoms with Crippen LogP contribution in [0.5, 0.6) is 0 Å². The van der Waals surface area contributed by atoms with Gasteiger partial charge in [0.25, 0.3) is 0 Å². The predicted octanol–water partition coefficient (Wildman–Crippen LogP) is 4.81. The summed E-state index contributed by atoms with van der Waals surface area (Å²) in [6, 6.07) is 5.08. The molecule has 1 heterocycles. The van der Waals surface area contributed by atoms with Gasteiger partial charge in [-0.2, -0.15) is 13.2 Å². The fourth-order valence-corrected chi connectivity index (χ4v) is 3.36. The van der Waals surface area contributed by atoms with Crippen molar-refractivity contribution in [1.29, 1.82) is 0 Å². The average Bonchev–Trinajstić information content (AvgIpc) is 3.03. The number of aromatic nitrogens is 1. The number of rotatable bonds is 9. The minimum Gasteiger partial charge on any atom is -0.395 e. The molecule has 138 valence electrons. The minimum atomic E-state index is -4.32. The van der Waals surface area contributed by atoms with Gasteiger partial charge in [0.2, 0.25) is 0 Å². The maximum absolute atomic E-state index is 12.6. The third kappa shape index (κ3) is 6.09. The van der Waals surface area contributed by atoms with Gasteiger partial charge >= 0.3 is 6.18 Å². The second-order valence-electron chi connectivity index (χ2n) is 5.93. The maximum Gasteiger partial charge on any atom is 0.416 e. The van der Waals surface area contributed by atoms with Crippen molar-refractivity contribution < 1.29 is 18.3 Å². The molecule has 0 amide bonds. The molecule has 0 aliphatic carbocycles. The summed E-state index contributed by atoms with van der Waals surface area (Å²) in [5, 5.41) is 11.8. The first-order valence-corrected chi connectivity index (χ1v) is 9.27. The summed E-state index contributed by atoms with van der Waals surface area (Å²) in [6.45, 7) is 4.38. The predicted molar refractivity (Wildman–Crippen MR) is 94.4 cm³/mol. The highest BCUT2D eigenvalue weighted by Gasteiger charge is 2.30. The van der Waals surface area contributed by atoms with E-state index in [1.54, 1.807) is 0 Å². The molecular formula is C18H23F3N2OS. The summed E-state index contributed by atoms with van der Waals surface area (Å²) < 4.78 is 37.9. The largest absolute Gasteiger partial charge is 0.416 e. The lowest BCUT2D eigenvalue weighted by Gasteiger charge is -2.19. The van der Waals surface area contributed by atoms with E-state index in [-0.39, 0.29) is 6.61 Å². The van der Waals surface area contributed by atoms with E-state index in [1.165, 1.54) is 23.5 Å². The van der Waals surface area contributed by atoms with E-state index in [4.69, 9.17) is 0 Å². The Balaban J connectivity index is 2.03. The van der Waals surface area contributed by atoms with Crippen LogP contribution >= 0.6 is 11.3 Å². The molecule has 2 aromatic rings. The highest BCUT2D eigenvalue weighted by atomic mass is 32.1. The van der Waals surface area contributed by atoms with Crippen molar-refractivity contribution in [3.8, 4) is 10.6 Å². The van der Waals surface area contributed by atoms with Gasteiger partial charge in [-0.3, -0.25) is 4.90 Å². The fraction of sp³-hybridized carbons (Fsp3) is 0.500. The number of aliphatic hydroxyl groups excluding tert-OH is 1. The first-order chi connectivity index (χ1) is 11.9. The number of alkyl halides is 3. The molecule has 0 fully saturated rings. The van der Waals surface area contributed by atoms with Crippen LogP contribution in [0, 0.1) is 0 Å². The Morgan fingerprint density at radius 3 is 2.44 bits per heavy atom. The van der Waals surface area contributed by atoms with Crippen LogP contribution in [-0.2, 0) is 12.7 Å². The van der Waals surface area contributed by atoms with E-state index in [9.17, 15) is 18.3 Å². The van der Waals surface area contributed by atoms with Crippen molar-refractivity contribution in [3.05, 3.63) is 40.9 Å². The summed E-state index contributed by atoms with van der Waals surface area (Å²) in [4.78, 5) is 6.69. The quantitative estimate of drug-likeness (QED) is 0.642. The molecule has 1 aromatic heterocycles. The van der Waals surface area contributed by atoms with Crippen molar-refractivity contribution >= 4 is 11.3 Å². The van der Waals surface area contributed by atoms with Gasteiger partial charge in [-0.25, -0.2) is 4.98 Å². The first kappa shape index (κ1) is 19.9. The van der Waals surface area contributed by atoms with Crippen molar-refractivity contribution in [3.63, 3.8) is 0 Å². The maximum atomic E-state index is 12.6. The fourth-order valence-electron chi connectivity index (χ4n) is 2.54. The zero-order valence-electron chi connectivity index (χ0n) is 14.2. The van der Waals surface area contributed by atoms with Gasteiger partial charge < -0.3 is 5.11 Å². The highest BCUT2D eigenvalue weighted by molar-refractivity contribution is 7.13. The Bertz CT molecular complexity index is 641. The Hall–Kier alpha value is -1.44. The van der Waals surface area contributed by atoms with Gasteiger partial charge in [0, 0.05) is 24.0 Å².